The van der Waals surface area contributed by atoms with E-state index in [0.717, 1.165) is 11.3 Å². The van der Waals surface area contributed by atoms with Gasteiger partial charge in [0.05, 0.1) is 12.3 Å². The van der Waals surface area contributed by atoms with Gasteiger partial charge < -0.3 is 14.4 Å². The molecule has 0 amide bonds. The van der Waals surface area contributed by atoms with E-state index in [-0.39, 0.29) is 12.0 Å². The zero-order chi connectivity index (χ0) is 14.4. The molecule has 0 aliphatic rings. The molecule has 0 aliphatic carbocycles. The Morgan fingerprint density at radius 2 is 1.95 bits per heavy atom. The van der Waals surface area contributed by atoms with Gasteiger partial charge in [0.15, 0.2) is 5.75 Å². The third-order valence-electron chi connectivity index (χ3n) is 3.14. The van der Waals surface area contributed by atoms with Crippen LogP contribution in [0.25, 0.3) is 0 Å². The van der Waals surface area contributed by atoms with Crippen LogP contribution >= 0.6 is 0 Å². The molecule has 0 saturated heterocycles. The van der Waals surface area contributed by atoms with Gasteiger partial charge in [-0.15, -0.1) is 0 Å². The summed E-state index contributed by atoms with van der Waals surface area (Å²) < 4.78 is 7.58. The second-order valence-electron chi connectivity index (χ2n) is 4.50. The van der Waals surface area contributed by atoms with Gasteiger partial charge in [-0.3, -0.25) is 4.79 Å². The third-order valence-corrected chi connectivity index (χ3v) is 3.14. The van der Waals surface area contributed by atoms with Gasteiger partial charge in [0.25, 0.3) is 0 Å². The predicted molar refractivity (Wildman–Crippen MR) is 77.9 cm³/mol. The highest BCUT2D eigenvalue weighted by molar-refractivity contribution is 5.29. The monoisotopic (exact) mass is 273 g/mol. The third kappa shape index (κ3) is 3.27. The number of benzene rings is 1. The second kappa shape index (κ2) is 6.91. The highest BCUT2D eigenvalue weighted by Gasteiger charge is 2.11. The molecular formula is C16H19NO3. The van der Waals surface area contributed by atoms with Crippen LogP contribution in [0.15, 0.2) is 47.4 Å². The Morgan fingerprint density at radius 3 is 2.60 bits per heavy atom. The summed E-state index contributed by atoms with van der Waals surface area (Å²) in [6.07, 6.45) is 2.38. The molecule has 2 aromatic rings. The van der Waals surface area contributed by atoms with Gasteiger partial charge in [-0.05, 0) is 12.0 Å². The van der Waals surface area contributed by atoms with Crippen LogP contribution in [0.3, 0.4) is 0 Å². The van der Waals surface area contributed by atoms with Crippen molar-refractivity contribution in [1.82, 2.24) is 4.57 Å². The molecule has 0 aliphatic heterocycles. The minimum absolute atomic E-state index is 0.0357. The number of hydrogen-bond donors (Lipinski definition) is 1. The summed E-state index contributed by atoms with van der Waals surface area (Å²) in [4.78, 5) is 12.0. The molecule has 0 unspecified atom stereocenters. The maximum Gasteiger partial charge on any atom is 0.223 e. The van der Waals surface area contributed by atoms with Gasteiger partial charge in [-0.1, -0.05) is 37.3 Å². The number of aliphatic hydroxyl groups is 1. The van der Waals surface area contributed by atoms with Crippen molar-refractivity contribution in [2.75, 3.05) is 6.61 Å². The molecule has 20 heavy (non-hydrogen) atoms. The van der Waals surface area contributed by atoms with E-state index in [9.17, 15) is 4.79 Å². The summed E-state index contributed by atoms with van der Waals surface area (Å²) >= 11 is 0. The normalized spacial score (nSPS) is 10.5. The molecule has 106 valence electrons. The Bertz CT molecular complexity index is 605. The fourth-order valence-corrected chi connectivity index (χ4v) is 2.16. The highest BCUT2D eigenvalue weighted by Crippen LogP contribution is 2.15. The number of ether oxygens (including phenoxy) is 1. The summed E-state index contributed by atoms with van der Waals surface area (Å²) in [6, 6.07) is 11.2. The van der Waals surface area contributed by atoms with Gasteiger partial charge >= 0.3 is 0 Å². The minimum Gasteiger partial charge on any atom is -0.483 e. The number of nitrogens with zero attached hydrogens (tertiary/aromatic N) is 1. The number of aromatic nitrogens is 1. The van der Waals surface area contributed by atoms with Gasteiger partial charge in [0.2, 0.25) is 5.43 Å². The molecule has 0 spiro atoms. The molecule has 2 rings (SSSR count). The van der Waals surface area contributed by atoms with Gasteiger partial charge in [-0.2, -0.15) is 0 Å². The Kier molecular flexibility index (Phi) is 4.96. The molecule has 0 bridgehead atoms. The Hall–Kier alpha value is -2.07. The molecule has 1 aromatic carbocycles. The van der Waals surface area contributed by atoms with Crippen molar-refractivity contribution in [3.05, 3.63) is 64.1 Å². The highest BCUT2D eigenvalue weighted by atomic mass is 16.5. The van der Waals surface area contributed by atoms with E-state index in [1.165, 1.54) is 6.07 Å². The SMILES string of the molecule is CCc1c(OCc2ccccc2)c(=O)ccn1CCO. The van der Waals surface area contributed by atoms with Crippen LogP contribution in [0.2, 0.25) is 0 Å². The quantitative estimate of drug-likeness (QED) is 0.875. The van der Waals surface area contributed by atoms with E-state index in [1.807, 2.05) is 41.8 Å². The maximum absolute atomic E-state index is 12.0. The lowest BCUT2D eigenvalue weighted by atomic mass is 10.2. The molecular weight excluding hydrogens is 254 g/mol. The smallest absolute Gasteiger partial charge is 0.223 e. The van der Waals surface area contributed by atoms with Crippen LogP contribution in [0.4, 0.5) is 0 Å². The number of hydrogen-bond acceptors (Lipinski definition) is 3. The van der Waals surface area contributed by atoms with E-state index in [4.69, 9.17) is 9.84 Å². The van der Waals surface area contributed by atoms with Crippen molar-refractivity contribution in [2.45, 2.75) is 26.5 Å². The molecule has 1 aromatic heterocycles. The zero-order valence-electron chi connectivity index (χ0n) is 11.6. The van der Waals surface area contributed by atoms with Gasteiger partial charge in [0.1, 0.15) is 6.61 Å². The van der Waals surface area contributed by atoms with Crippen molar-refractivity contribution in [1.29, 1.82) is 0 Å². The first-order valence-electron chi connectivity index (χ1n) is 6.76. The van der Waals surface area contributed by atoms with Crippen molar-refractivity contribution >= 4 is 0 Å². The van der Waals surface area contributed by atoms with Crippen LogP contribution in [-0.2, 0) is 19.6 Å². The average Bonchev–Trinajstić information content (AvgIpc) is 2.48. The van der Waals surface area contributed by atoms with Crippen LogP contribution in [-0.4, -0.2) is 16.3 Å². The maximum atomic E-state index is 12.0. The van der Waals surface area contributed by atoms with Crippen LogP contribution in [0.5, 0.6) is 5.75 Å². The first-order chi connectivity index (χ1) is 9.76. The molecule has 4 nitrogen and oxygen atoms in total. The van der Waals surface area contributed by atoms with E-state index >= 15 is 0 Å². The lowest BCUT2D eigenvalue weighted by Crippen LogP contribution is -2.17. The van der Waals surface area contributed by atoms with Crippen LogP contribution in [0, 0.1) is 0 Å². The first kappa shape index (κ1) is 14.3. The molecule has 1 N–H and O–H groups in total. The minimum atomic E-state index is -0.119. The lowest BCUT2D eigenvalue weighted by molar-refractivity contribution is 0.267. The Morgan fingerprint density at radius 1 is 1.20 bits per heavy atom. The average molecular weight is 273 g/mol. The summed E-state index contributed by atoms with van der Waals surface area (Å²) in [7, 11) is 0. The summed E-state index contributed by atoms with van der Waals surface area (Å²) in [5, 5.41) is 9.07. The molecule has 0 radical (unpaired) electrons. The van der Waals surface area contributed by atoms with E-state index in [2.05, 4.69) is 0 Å². The van der Waals surface area contributed by atoms with Crippen molar-refractivity contribution in [3.63, 3.8) is 0 Å². The second-order valence-corrected chi connectivity index (χ2v) is 4.50. The van der Waals surface area contributed by atoms with E-state index < -0.39 is 0 Å². The topological polar surface area (TPSA) is 51.5 Å². The molecule has 4 heteroatoms. The van der Waals surface area contributed by atoms with Crippen molar-refractivity contribution in [2.24, 2.45) is 0 Å². The largest absolute Gasteiger partial charge is 0.483 e. The summed E-state index contributed by atoms with van der Waals surface area (Å²) in [6.45, 7) is 2.84. The molecule has 0 fully saturated rings. The fraction of sp³-hybridized carbons (Fsp3) is 0.312. The molecule has 1 heterocycles. The standard InChI is InChI=1S/C16H19NO3/c1-2-14-16(15(19)8-9-17(14)10-11-18)20-12-13-6-4-3-5-7-13/h3-9,18H,2,10-12H2,1H3. The zero-order valence-corrected chi connectivity index (χ0v) is 11.6. The molecule has 0 atom stereocenters. The summed E-state index contributed by atoms with van der Waals surface area (Å²) in [5.74, 6) is 0.382. The lowest BCUT2D eigenvalue weighted by Gasteiger charge is -2.15. The van der Waals surface area contributed by atoms with E-state index in [0.29, 0.717) is 25.3 Å². The first-order valence-corrected chi connectivity index (χ1v) is 6.76. The number of rotatable bonds is 6. The Balaban J connectivity index is 2.26. The predicted octanol–water partition coefficient (Wildman–Crippen LogP) is 1.98. The summed E-state index contributed by atoms with van der Waals surface area (Å²) in [5.41, 5.74) is 1.72. The molecule has 0 saturated carbocycles. The number of aliphatic hydroxyl groups excluding tert-OH is 1. The van der Waals surface area contributed by atoms with E-state index in [1.54, 1.807) is 6.20 Å². The van der Waals surface area contributed by atoms with Crippen molar-refractivity contribution in [3.8, 4) is 5.75 Å². The van der Waals surface area contributed by atoms with Crippen LogP contribution < -0.4 is 10.2 Å². The van der Waals surface area contributed by atoms with Crippen LogP contribution in [0.1, 0.15) is 18.2 Å². The number of pyridine rings is 1. The van der Waals surface area contributed by atoms with Crippen molar-refractivity contribution < 1.29 is 9.84 Å². The van der Waals surface area contributed by atoms with Gasteiger partial charge in [-0.25, -0.2) is 0 Å². The fourth-order valence-electron chi connectivity index (χ4n) is 2.16. The Labute approximate surface area is 118 Å². The van der Waals surface area contributed by atoms with Gasteiger partial charge in [0, 0.05) is 18.8 Å².